The fourth-order valence-electron chi connectivity index (χ4n) is 2.05. The summed E-state index contributed by atoms with van der Waals surface area (Å²) in [7, 11) is 2.16. The number of nitrogens with zero attached hydrogens (tertiary/aromatic N) is 2. The van der Waals surface area contributed by atoms with E-state index in [0.29, 0.717) is 6.04 Å². The molecule has 4 heteroatoms. The molecule has 0 unspecified atom stereocenters. The van der Waals surface area contributed by atoms with E-state index >= 15 is 0 Å². The highest BCUT2D eigenvalue weighted by molar-refractivity contribution is 5.27. The summed E-state index contributed by atoms with van der Waals surface area (Å²) in [5.41, 5.74) is 2.74. The second-order valence-electron chi connectivity index (χ2n) is 5.42. The van der Waals surface area contributed by atoms with Gasteiger partial charge in [-0.15, -0.1) is 0 Å². The number of rotatable bonds is 7. The average Bonchev–Trinajstić information content (AvgIpc) is 2.93. The number of imidazole rings is 1. The lowest BCUT2D eigenvalue weighted by Gasteiger charge is -2.22. The Kier molecular flexibility index (Phi) is 5.32. The van der Waals surface area contributed by atoms with E-state index in [1.165, 1.54) is 11.1 Å². The van der Waals surface area contributed by atoms with Gasteiger partial charge in [-0.3, -0.25) is 4.90 Å². The van der Waals surface area contributed by atoms with E-state index in [9.17, 15) is 0 Å². The van der Waals surface area contributed by atoms with Gasteiger partial charge in [0.1, 0.15) is 5.82 Å². The van der Waals surface area contributed by atoms with Crippen molar-refractivity contribution in [3.63, 3.8) is 0 Å². The Morgan fingerprint density at radius 1 is 1.20 bits per heavy atom. The van der Waals surface area contributed by atoms with Crippen molar-refractivity contribution in [1.82, 2.24) is 20.2 Å². The fraction of sp³-hybridized carbons (Fsp3) is 0.438. The van der Waals surface area contributed by atoms with Crippen LogP contribution in [0.25, 0.3) is 0 Å². The van der Waals surface area contributed by atoms with Crippen molar-refractivity contribution in [2.45, 2.75) is 39.5 Å². The zero-order chi connectivity index (χ0) is 14.4. The predicted octanol–water partition coefficient (Wildman–Crippen LogP) is 2.54. The summed E-state index contributed by atoms with van der Waals surface area (Å²) < 4.78 is 0. The molecule has 0 amide bonds. The first-order valence-electron chi connectivity index (χ1n) is 7.13. The molecule has 1 aromatic heterocycles. The van der Waals surface area contributed by atoms with Gasteiger partial charge >= 0.3 is 0 Å². The van der Waals surface area contributed by atoms with Gasteiger partial charge in [0.15, 0.2) is 0 Å². The molecule has 4 nitrogen and oxygen atoms in total. The van der Waals surface area contributed by atoms with Crippen LogP contribution in [0.5, 0.6) is 0 Å². The summed E-state index contributed by atoms with van der Waals surface area (Å²) in [6.07, 6.45) is 3.63. The normalized spacial score (nSPS) is 11.4. The molecule has 108 valence electrons. The van der Waals surface area contributed by atoms with Crippen LogP contribution in [0.4, 0.5) is 0 Å². The molecular weight excluding hydrogens is 248 g/mol. The maximum atomic E-state index is 4.22. The number of benzene rings is 1. The van der Waals surface area contributed by atoms with Gasteiger partial charge in [0.25, 0.3) is 0 Å². The topological polar surface area (TPSA) is 44.0 Å². The Morgan fingerprint density at radius 3 is 2.60 bits per heavy atom. The van der Waals surface area contributed by atoms with Crippen LogP contribution < -0.4 is 5.32 Å². The smallest absolute Gasteiger partial charge is 0.120 e. The summed E-state index contributed by atoms with van der Waals surface area (Å²) in [6, 6.07) is 9.17. The lowest BCUT2D eigenvalue weighted by molar-refractivity contribution is 0.265. The summed E-state index contributed by atoms with van der Waals surface area (Å²) >= 11 is 0. The Balaban J connectivity index is 1.93. The number of nitrogens with one attached hydrogen (secondary N) is 2. The molecule has 0 saturated carbocycles. The molecule has 0 radical (unpaired) electrons. The van der Waals surface area contributed by atoms with E-state index in [0.717, 1.165) is 25.5 Å². The minimum Gasteiger partial charge on any atom is -0.348 e. The zero-order valence-electron chi connectivity index (χ0n) is 12.6. The minimum absolute atomic E-state index is 0.555. The second-order valence-corrected chi connectivity index (χ2v) is 5.42. The Hall–Kier alpha value is -1.65. The first-order valence-corrected chi connectivity index (χ1v) is 7.13. The van der Waals surface area contributed by atoms with Gasteiger partial charge in [0, 0.05) is 31.5 Å². The molecule has 0 aliphatic rings. The van der Waals surface area contributed by atoms with Gasteiger partial charge in [-0.1, -0.05) is 24.3 Å². The third-order valence-electron chi connectivity index (χ3n) is 3.58. The first-order chi connectivity index (χ1) is 9.66. The third-order valence-corrected chi connectivity index (χ3v) is 3.58. The molecule has 0 spiro atoms. The standard InChI is InChI=1S/C16H24N4/c1-13(2)20(3)12-15-7-5-4-6-14(15)10-17-11-16-18-8-9-19-16/h4-9,13,17H,10-12H2,1-3H3,(H,18,19). The van der Waals surface area contributed by atoms with E-state index in [1.807, 2.05) is 6.20 Å². The minimum atomic E-state index is 0.555. The molecule has 20 heavy (non-hydrogen) atoms. The van der Waals surface area contributed by atoms with Gasteiger partial charge in [-0.25, -0.2) is 4.98 Å². The Morgan fingerprint density at radius 2 is 1.95 bits per heavy atom. The fourth-order valence-corrected chi connectivity index (χ4v) is 2.05. The highest BCUT2D eigenvalue weighted by atomic mass is 15.1. The molecule has 0 saturated heterocycles. The Labute approximate surface area is 121 Å². The SMILES string of the molecule is CC(C)N(C)Cc1ccccc1CNCc1ncc[nH]1. The van der Waals surface area contributed by atoms with Gasteiger partial charge in [0.2, 0.25) is 0 Å². The molecule has 0 aliphatic carbocycles. The number of aromatic nitrogens is 2. The average molecular weight is 272 g/mol. The molecule has 2 N–H and O–H groups in total. The van der Waals surface area contributed by atoms with Crippen molar-refractivity contribution < 1.29 is 0 Å². The van der Waals surface area contributed by atoms with Gasteiger partial charge < -0.3 is 10.3 Å². The van der Waals surface area contributed by atoms with E-state index in [2.05, 4.69) is 65.3 Å². The zero-order valence-corrected chi connectivity index (χ0v) is 12.6. The number of aromatic amines is 1. The quantitative estimate of drug-likeness (QED) is 0.814. The lowest BCUT2D eigenvalue weighted by atomic mass is 10.1. The first kappa shape index (κ1) is 14.8. The van der Waals surface area contributed by atoms with Crippen molar-refractivity contribution in [2.75, 3.05) is 7.05 Å². The van der Waals surface area contributed by atoms with Crippen molar-refractivity contribution in [3.8, 4) is 0 Å². The van der Waals surface area contributed by atoms with E-state index in [4.69, 9.17) is 0 Å². The molecule has 0 atom stereocenters. The molecule has 2 aromatic rings. The van der Waals surface area contributed by atoms with Crippen molar-refractivity contribution in [3.05, 3.63) is 53.6 Å². The van der Waals surface area contributed by atoms with Crippen LogP contribution >= 0.6 is 0 Å². The van der Waals surface area contributed by atoms with Gasteiger partial charge in [-0.05, 0) is 32.0 Å². The van der Waals surface area contributed by atoms with Crippen LogP contribution in [0.3, 0.4) is 0 Å². The molecule has 0 aliphatic heterocycles. The monoisotopic (exact) mass is 272 g/mol. The molecular formula is C16H24N4. The molecule has 1 heterocycles. The maximum absolute atomic E-state index is 4.22. The Bertz CT molecular complexity index is 505. The van der Waals surface area contributed by atoms with Crippen molar-refractivity contribution in [2.24, 2.45) is 0 Å². The van der Waals surface area contributed by atoms with Crippen molar-refractivity contribution in [1.29, 1.82) is 0 Å². The molecule has 1 aromatic carbocycles. The summed E-state index contributed by atoms with van der Waals surface area (Å²) in [5, 5.41) is 3.43. The van der Waals surface area contributed by atoms with E-state index in [-0.39, 0.29) is 0 Å². The summed E-state index contributed by atoms with van der Waals surface area (Å²) in [5.74, 6) is 0.974. The van der Waals surface area contributed by atoms with Crippen LogP contribution in [-0.2, 0) is 19.6 Å². The molecule has 2 rings (SSSR count). The highest BCUT2D eigenvalue weighted by Gasteiger charge is 2.07. The van der Waals surface area contributed by atoms with Crippen LogP contribution in [-0.4, -0.2) is 28.0 Å². The van der Waals surface area contributed by atoms with Crippen LogP contribution in [0, 0.1) is 0 Å². The van der Waals surface area contributed by atoms with Crippen LogP contribution in [0.1, 0.15) is 30.8 Å². The van der Waals surface area contributed by atoms with E-state index < -0.39 is 0 Å². The van der Waals surface area contributed by atoms with Gasteiger partial charge in [-0.2, -0.15) is 0 Å². The number of H-pyrrole nitrogens is 1. The second kappa shape index (κ2) is 7.22. The molecule has 0 bridgehead atoms. The predicted molar refractivity (Wildman–Crippen MR) is 82.2 cm³/mol. The number of hydrogen-bond acceptors (Lipinski definition) is 3. The van der Waals surface area contributed by atoms with Crippen molar-refractivity contribution >= 4 is 0 Å². The lowest BCUT2D eigenvalue weighted by Crippen LogP contribution is -2.26. The van der Waals surface area contributed by atoms with Crippen LogP contribution in [0.15, 0.2) is 36.7 Å². The third kappa shape index (κ3) is 4.18. The molecule has 0 fully saturated rings. The summed E-state index contributed by atoms with van der Waals surface area (Å²) in [6.45, 7) is 7.05. The van der Waals surface area contributed by atoms with E-state index in [1.54, 1.807) is 6.20 Å². The van der Waals surface area contributed by atoms with Gasteiger partial charge in [0.05, 0.1) is 6.54 Å². The largest absolute Gasteiger partial charge is 0.348 e. The highest BCUT2D eigenvalue weighted by Crippen LogP contribution is 2.12. The summed E-state index contributed by atoms with van der Waals surface area (Å²) in [4.78, 5) is 9.67. The maximum Gasteiger partial charge on any atom is 0.120 e. The van der Waals surface area contributed by atoms with Crippen LogP contribution in [0.2, 0.25) is 0 Å². The number of hydrogen-bond donors (Lipinski definition) is 2.